The van der Waals surface area contributed by atoms with Gasteiger partial charge in [0, 0.05) is 24.3 Å². The summed E-state index contributed by atoms with van der Waals surface area (Å²) in [6.07, 6.45) is 0.840. The van der Waals surface area contributed by atoms with Crippen molar-refractivity contribution in [2.45, 2.75) is 6.10 Å². The monoisotopic (exact) mass is 417 g/mol. The zero-order chi connectivity index (χ0) is 20.2. The summed E-state index contributed by atoms with van der Waals surface area (Å²) in [7, 11) is 0. The molecule has 2 saturated heterocycles. The summed E-state index contributed by atoms with van der Waals surface area (Å²) in [6.45, 7) is 3.12. The minimum absolute atomic E-state index is 0.327. The number of aliphatic imine (C=N–C) groups is 1. The van der Waals surface area contributed by atoms with Gasteiger partial charge in [0.1, 0.15) is 11.9 Å². The molecule has 0 aliphatic carbocycles. The average Bonchev–Trinajstić information content (AvgIpc) is 3.10. The zero-order valence-electron chi connectivity index (χ0n) is 15.8. The minimum atomic E-state index is -0.491. The fourth-order valence-corrected chi connectivity index (χ4v) is 3.50. The molecule has 2 heterocycles. The first-order chi connectivity index (χ1) is 14.1. The second-order valence-corrected chi connectivity index (χ2v) is 7.33. The van der Waals surface area contributed by atoms with Crippen molar-refractivity contribution in [3.8, 4) is 0 Å². The van der Waals surface area contributed by atoms with Gasteiger partial charge in [-0.25, -0.2) is 9.18 Å². The highest BCUT2D eigenvalue weighted by molar-refractivity contribution is 6.30. The van der Waals surface area contributed by atoms with Gasteiger partial charge in [-0.05, 0) is 35.9 Å². The fourth-order valence-electron chi connectivity index (χ4n) is 3.38. The second-order valence-electron chi connectivity index (χ2n) is 6.90. The molecule has 1 amide bonds. The number of nitrogens with zero attached hydrogens (tertiary/aromatic N) is 3. The first-order valence-electron chi connectivity index (χ1n) is 9.46. The lowest BCUT2D eigenvalue weighted by atomic mass is 10.2. The molecule has 6 nitrogen and oxygen atoms in total. The Kier molecular flexibility index (Phi) is 5.97. The molecule has 0 unspecified atom stereocenters. The Morgan fingerprint density at radius 2 is 1.93 bits per heavy atom. The predicted molar refractivity (Wildman–Crippen MR) is 111 cm³/mol. The van der Waals surface area contributed by atoms with E-state index in [1.54, 1.807) is 30.5 Å². The van der Waals surface area contributed by atoms with Crippen LogP contribution in [0.15, 0.2) is 47.5 Å². The van der Waals surface area contributed by atoms with Crippen LogP contribution in [0.25, 0.3) is 0 Å². The largest absolute Gasteiger partial charge is 0.442 e. The molecule has 0 saturated carbocycles. The van der Waals surface area contributed by atoms with Crippen LogP contribution < -0.4 is 9.80 Å². The summed E-state index contributed by atoms with van der Waals surface area (Å²) in [5, 5.41) is 0.661. The number of cyclic esters (lactones) is 1. The zero-order valence-corrected chi connectivity index (χ0v) is 16.5. The quantitative estimate of drug-likeness (QED) is 0.695. The number of ether oxygens (including phenoxy) is 2. The third kappa shape index (κ3) is 4.68. The van der Waals surface area contributed by atoms with Gasteiger partial charge in [0.05, 0.1) is 37.7 Å². The van der Waals surface area contributed by atoms with E-state index in [0.717, 1.165) is 5.56 Å². The second kappa shape index (κ2) is 8.80. The number of benzene rings is 2. The maximum absolute atomic E-state index is 14.6. The highest BCUT2D eigenvalue weighted by Gasteiger charge is 2.32. The number of hydrogen-bond acceptors (Lipinski definition) is 5. The van der Waals surface area contributed by atoms with Gasteiger partial charge in [0.2, 0.25) is 0 Å². The van der Waals surface area contributed by atoms with Crippen LogP contribution in [0.3, 0.4) is 0 Å². The molecule has 2 aromatic rings. The summed E-state index contributed by atoms with van der Waals surface area (Å²) in [5.41, 5.74) is 1.92. The van der Waals surface area contributed by atoms with E-state index in [-0.39, 0.29) is 11.9 Å². The van der Waals surface area contributed by atoms with Crippen LogP contribution in [0.2, 0.25) is 5.02 Å². The van der Waals surface area contributed by atoms with Gasteiger partial charge in [-0.2, -0.15) is 0 Å². The Bertz CT molecular complexity index is 901. The number of anilines is 2. The van der Waals surface area contributed by atoms with Gasteiger partial charge in [-0.1, -0.05) is 23.7 Å². The normalized spacial score (nSPS) is 19.8. The first kappa shape index (κ1) is 19.7. The molecule has 0 N–H and O–H groups in total. The van der Waals surface area contributed by atoms with Gasteiger partial charge in [0.25, 0.3) is 0 Å². The molecular weight excluding hydrogens is 397 g/mol. The Labute approximate surface area is 173 Å². The number of morpholine rings is 1. The Morgan fingerprint density at radius 3 is 2.66 bits per heavy atom. The van der Waals surface area contributed by atoms with Gasteiger partial charge in [0.15, 0.2) is 0 Å². The van der Waals surface area contributed by atoms with Crippen LogP contribution in [0.5, 0.6) is 0 Å². The van der Waals surface area contributed by atoms with Crippen molar-refractivity contribution < 1.29 is 18.7 Å². The maximum atomic E-state index is 14.6. The number of hydrogen-bond donors (Lipinski definition) is 0. The molecule has 2 aromatic carbocycles. The Balaban J connectivity index is 1.38. The smallest absolute Gasteiger partial charge is 0.414 e. The van der Waals surface area contributed by atoms with E-state index in [1.807, 2.05) is 17.0 Å². The summed E-state index contributed by atoms with van der Waals surface area (Å²) in [5.74, 6) is -0.360. The van der Waals surface area contributed by atoms with E-state index in [2.05, 4.69) is 4.99 Å². The Hall–Kier alpha value is -2.64. The van der Waals surface area contributed by atoms with Crippen molar-refractivity contribution in [2.75, 3.05) is 49.2 Å². The Morgan fingerprint density at radius 1 is 1.17 bits per heavy atom. The fraction of sp³-hybridized carbons (Fsp3) is 0.333. The SMILES string of the molecule is O=C1O[C@@H](C/N=C/c2ccc(Cl)cc2)CN1c1ccc(N2CCOCC2)c(F)c1. The van der Waals surface area contributed by atoms with Crippen LogP contribution in [-0.2, 0) is 9.47 Å². The van der Waals surface area contributed by atoms with Crippen molar-refractivity contribution >= 4 is 35.3 Å². The lowest BCUT2D eigenvalue weighted by molar-refractivity contribution is 0.122. The van der Waals surface area contributed by atoms with Crippen LogP contribution in [-0.4, -0.2) is 57.8 Å². The van der Waals surface area contributed by atoms with Crippen LogP contribution >= 0.6 is 11.6 Å². The highest BCUT2D eigenvalue weighted by Crippen LogP contribution is 2.28. The molecule has 29 heavy (non-hydrogen) atoms. The van der Waals surface area contributed by atoms with Gasteiger partial charge >= 0.3 is 6.09 Å². The molecule has 8 heteroatoms. The molecule has 4 rings (SSSR count). The third-order valence-corrected chi connectivity index (χ3v) is 5.14. The predicted octanol–water partition coefficient (Wildman–Crippen LogP) is 3.76. The third-order valence-electron chi connectivity index (χ3n) is 4.89. The van der Waals surface area contributed by atoms with Crippen LogP contribution in [0.4, 0.5) is 20.6 Å². The number of halogens is 2. The maximum Gasteiger partial charge on any atom is 0.414 e. The molecular formula is C21H21ClFN3O3. The van der Waals surface area contributed by atoms with Crippen LogP contribution in [0.1, 0.15) is 5.56 Å². The van der Waals surface area contributed by atoms with Gasteiger partial charge in [-0.15, -0.1) is 0 Å². The summed E-state index contributed by atoms with van der Waals surface area (Å²) >= 11 is 5.86. The highest BCUT2D eigenvalue weighted by atomic mass is 35.5. The molecule has 0 bridgehead atoms. The minimum Gasteiger partial charge on any atom is -0.442 e. The molecule has 0 radical (unpaired) electrons. The summed E-state index contributed by atoms with van der Waals surface area (Å²) in [4.78, 5) is 20.0. The van der Waals surface area contributed by atoms with Crippen molar-refractivity contribution in [1.29, 1.82) is 0 Å². The van der Waals surface area contributed by atoms with Crippen molar-refractivity contribution in [3.05, 3.63) is 58.9 Å². The lowest BCUT2D eigenvalue weighted by Crippen LogP contribution is -2.36. The van der Waals surface area contributed by atoms with Gasteiger partial charge in [-0.3, -0.25) is 9.89 Å². The number of amides is 1. The van der Waals surface area contributed by atoms with Crippen molar-refractivity contribution in [2.24, 2.45) is 4.99 Å². The average molecular weight is 418 g/mol. The molecule has 0 aromatic heterocycles. The topological polar surface area (TPSA) is 54.4 Å². The molecule has 2 fully saturated rings. The lowest BCUT2D eigenvalue weighted by Gasteiger charge is -2.29. The van der Waals surface area contributed by atoms with E-state index in [9.17, 15) is 9.18 Å². The van der Waals surface area contributed by atoms with Crippen LogP contribution in [0, 0.1) is 5.82 Å². The molecule has 152 valence electrons. The standard InChI is InChI=1S/C21H21ClFN3O3/c22-16-3-1-15(2-4-16)12-24-13-18-14-26(21(27)29-18)17-5-6-20(19(23)11-17)25-7-9-28-10-8-25/h1-6,11-12,18H,7-10,13-14H2/b24-12+/t18-/m0/s1. The van der Waals surface area contributed by atoms with E-state index >= 15 is 0 Å². The van der Waals surface area contributed by atoms with Crippen molar-refractivity contribution in [1.82, 2.24) is 0 Å². The molecule has 1 atom stereocenters. The van der Waals surface area contributed by atoms with E-state index < -0.39 is 6.09 Å². The van der Waals surface area contributed by atoms with E-state index in [1.165, 1.54) is 11.0 Å². The van der Waals surface area contributed by atoms with Gasteiger partial charge < -0.3 is 14.4 Å². The summed E-state index contributed by atoms with van der Waals surface area (Å²) in [6, 6.07) is 12.1. The first-order valence-corrected chi connectivity index (χ1v) is 9.84. The summed E-state index contributed by atoms with van der Waals surface area (Å²) < 4.78 is 25.3. The number of carbonyl (C=O) groups excluding carboxylic acids is 1. The molecule has 2 aliphatic heterocycles. The van der Waals surface area contributed by atoms with E-state index in [4.69, 9.17) is 21.1 Å². The number of rotatable bonds is 5. The van der Waals surface area contributed by atoms with Crippen molar-refractivity contribution in [3.63, 3.8) is 0 Å². The molecule has 2 aliphatic rings. The van der Waals surface area contributed by atoms with E-state index in [0.29, 0.717) is 55.8 Å². The molecule has 0 spiro atoms. The number of carbonyl (C=O) groups is 1.